The van der Waals surface area contributed by atoms with Crippen molar-refractivity contribution in [1.29, 1.82) is 0 Å². The average Bonchev–Trinajstić information content (AvgIpc) is 1.95. The molecule has 90 valence electrons. The highest BCUT2D eigenvalue weighted by atomic mass is 32.2. The standard InChI is InChI=1S/C9H20N2O3S/c1-9(2,3)11-8(12)7(10)5-6-15(4,13)14/h7H,5-6,10H2,1-4H3,(H,11,12). The lowest BCUT2D eigenvalue weighted by molar-refractivity contribution is -0.123. The van der Waals surface area contributed by atoms with E-state index in [0.717, 1.165) is 6.26 Å². The third-order valence-electron chi connectivity index (χ3n) is 1.63. The molecule has 0 fully saturated rings. The highest BCUT2D eigenvalue weighted by molar-refractivity contribution is 7.90. The van der Waals surface area contributed by atoms with Crippen LogP contribution in [0, 0.1) is 0 Å². The van der Waals surface area contributed by atoms with Crippen LogP contribution < -0.4 is 11.1 Å². The molecule has 3 N–H and O–H groups in total. The molecule has 0 radical (unpaired) electrons. The van der Waals surface area contributed by atoms with Crippen LogP contribution in [0.1, 0.15) is 27.2 Å². The van der Waals surface area contributed by atoms with E-state index in [-0.39, 0.29) is 23.6 Å². The molecule has 0 saturated heterocycles. The molecule has 0 aliphatic heterocycles. The van der Waals surface area contributed by atoms with Gasteiger partial charge in [-0.3, -0.25) is 4.79 Å². The molecule has 1 atom stereocenters. The first-order chi connectivity index (χ1) is 6.51. The van der Waals surface area contributed by atoms with Crippen LogP contribution in [0.4, 0.5) is 0 Å². The van der Waals surface area contributed by atoms with E-state index in [1.807, 2.05) is 20.8 Å². The van der Waals surface area contributed by atoms with Gasteiger partial charge >= 0.3 is 0 Å². The fourth-order valence-corrected chi connectivity index (χ4v) is 1.62. The number of hydrogen-bond acceptors (Lipinski definition) is 4. The van der Waals surface area contributed by atoms with Crippen LogP contribution in [-0.2, 0) is 14.6 Å². The van der Waals surface area contributed by atoms with Gasteiger partial charge in [0.25, 0.3) is 0 Å². The van der Waals surface area contributed by atoms with Gasteiger partial charge in [-0.15, -0.1) is 0 Å². The number of nitrogens with two attached hydrogens (primary N) is 1. The van der Waals surface area contributed by atoms with Crippen molar-refractivity contribution in [3.63, 3.8) is 0 Å². The summed E-state index contributed by atoms with van der Waals surface area (Å²) in [6.07, 6.45) is 1.28. The Kier molecular flexibility index (Phi) is 4.73. The summed E-state index contributed by atoms with van der Waals surface area (Å²) in [4.78, 5) is 11.4. The van der Waals surface area contributed by atoms with Crippen molar-refractivity contribution >= 4 is 15.7 Å². The lowest BCUT2D eigenvalue weighted by Crippen LogP contribution is -2.49. The topological polar surface area (TPSA) is 89.3 Å². The summed E-state index contributed by atoms with van der Waals surface area (Å²) in [5.41, 5.74) is 5.21. The second-order valence-corrected chi connectivity index (χ2v) is 7.02. The second-order valence-electron chi connectivity index (χ2n) is 4.76. The lowest BCUT2D eigenvalue weighted by Gasteiger charge is -2.23. The molecule has 0 bridgehead atoms. The van der Waals surface area contributed by atoms with Gasteiger partial charge < -0.3 is 11.1 Å². The Labute approximate surface area is 91.3 Å². The molecule has 0 aromatic carbocycles. The summed E-state index contributed by atoms with van der Waals surface area (Å²) in [5, 5.41) is 2.70. The molecule has 0 heterocycles. The van der Waals surface area contributed by atoms with E-state index in [0.29, 0.717) is 0 Å². The second kappa shape index (κ2) is 4.94. The summed E-state index contributed by atoms with van der Waals surface area (Å²) in [6, 6.07) is -0.765. The zero-order valence-electron chi connectivity index (χ0n) is 9.70. The van der Waals surface area contributed by atoms with Crippen molar-refractivity contribution in [3.8, 4) is 0 Å². The monoisotopic (exact) mass is 236 g/mol. The summed E-state index contributed by atoms with van der Waals surface area (Å²) in [7, 11) is -3.06. The predicted octanol–water partition coefficient (Wildman–Crippen LogP) is -0.337. The van der Waals surface area contributed by atoms with E-state index >= 15 is 0 Å². The molecule has 0 spiro atoms. The van der Waals surface area contributed by atoms with E-state index in [9.17, 15) is 13.2 Å². The fraction of sp³-hybridized carbons (Fsp3) is 0.889. The summed E-state index contributed by atoms with van der Waals surface area (Å²) < 4.78 is 21.7. The smallest absolute Gasteiger partial charge is 0.237 e. The van der Waals surface area contributed by atoms with Gasteiger partial charge in [-0.1, -0.05) is 0 Å². The van der Waals surface area contributed by atoms with Crippen LogP contribution in [-0.4, -0.2) is 37.9 Å². The Morgan fingerprint density at radius 1 is 1.40 bits per heavy atom. The van der Waals surface area contributed by atoms with Gasteiger partial charge in [-0.25, -0.2) is 8.42 Å². The molecule has 0 saturated carbocycles. The Morgan fingerprint density at radius 3 is 2.20 bits per heavy atom. The number of sulfone groups is 1. The minimum absolute atomic E-state index is 0.0638. The predicted molar refractivity (Wildman–Crippen MR) is 60.2 cm³/mol. The Bertz CT molecular complexity index is 317. The zero-order chi connectivity index (χ0) is 12.3. The van der Waals surface area contributed by atoms with E-state index in [1.165, 1.54) is 0 Å². The molecule has 6 heteroatoms. The minimum Gasteiger partial charge on any atom is -0.350 e. The van der Waals surface area contributed by atoms with Crippen molar-refractivity contribution in [1.82, 2.24) is 5.32 Å². The summed E-state index contributed by atoms with van der Waals surface area (Å²) in [6.45, 7) is 5.52. The maximum atomic E-state index is 11.4. The lowest BCUT2D eigenvalue weighted by atomic mass is 10.1. The molecule has 0 aliphatic carbocycles. The van der Waals surface area contributed by atoms with Gasteiger partial charge in [-0.05, 0) is 27.2 Å². The zero-order valence-corrected chi connectivity index (χ0v) is 10.5. The van der Waals surface area contributed by atoms with Gasteiger partial charge in [0.15, 0.2) is 0 Å². The van der Waals surface area contributed by atoms with Crippen molar-refractivity contribution in [2.45, 2.75) is 38.8 Å². The van der Waals surface area contributed by atoms with Gasteiger partial charge in [0.1, 0.15) is 9.84 Å². The SMILES string of the molecule is CC(C)(C)NC(=O)C(N)CCS(C)(=O)=O. The molecule has 15 heavy (non-hydrogen) atoms. The first kappa shape index (κ1) is 14.4. The van der Waals surface area contributed by atoms with Crippen molar-refractivity contribution in [2.24, 2.45) is 5.73 Å². The van der Waals surface area contributed by atoms with E-state index < -0.39 is 15.9 Å². The molecule has 0 aromatic heterocycles. The van der Waals surface area contributed by atoms with Gasteiger partial charge in [0.05, 0.1) is 11.8 Å². The first-order valence-electron chi connectivity index (χ1n) is 4.76. The number of hydrogen-bond donors (Lipinski definition) is 2. The van der Waals surface area contributed by atoms with Crippen LogP contribution >= 0.6 is 0 Å². The quantitative estimate of drug-likeness (QED) is 0.699. The maximum Gasteiger partial charge on any atom is 0.237 e. The van der Waals surface area contributed by atoms with Crippen LogP contribution in [0.25, 0.3) is 0 Å². The normalized spacial score (nSPS) is 14.7. The summed E-state index contributed by atoms with van der Waals surface area (Å²) in [5.74, 6) is -0.378. The van der Waals surface area contributed by atoms with Gasteiger partial charge in [0.2, 0.25) is 5.91 Å². The number of carbonyl (C=O) groups excluding carboxylic acids is 1. The highest BCUT2D eigenvalue weighted by Gasteiger charge is 2.20. The molecular formula is C9H20N2O3S. The van der Waals surface area contributed by atoms with Crippen LogP contribution in [0.5, 0.6) is 0 Å². The third-order valence-corrected chi connectivity index (χ3v) is 2.61. The first-order valence-corrected chi connectivity index (χ1v) is 6.83. The Morgan fingerprint density at radius 2 is 1.87 bits per heavy atom. The molecular weight excluding hydrogens is 216 g/mol. The van der Waals surface area contributed by atoms with Crippen molar-refractivity contribution in [3.05, 3.63) is 0 Å². The number of carbonyl (C=O) groups is 1. The van der Waals surface area contributed by atoms with Crippen LogP contribution in [0.3, 0.4) is 0 Å². The van der Waals surface area contributed by atoms with Gasteiger partial charge in [-0.2, -0.15) is 0 Å². The van der Waals surface area contributed by atoms with E-state index in [1.54, 1.807) is 0 Å². The average molecular weight is 236 g/mol. The maximum absolute atomic E-state index is 11.4. The third kappa shape index (κ3) is 8.38. The summed E-state index contributed by atoms with van der Waals surface area (Å²) >= 11 is 0. The molecule has 0 aliphatic rings. The van der Waals surface area contributed by atoms with Crippen molar-refractivity contribution < 1.29 is 13.2 Å². The van der Waals surface area contributed by atoms with Crippen molar-refractivity contribution in [2.75, 3.05) is 12.0 Å². The number of amides is 1. The van der Waals surface area contributed by atoms with E-state index in [4.69, 9.17) is 5.73 Å². The molecule has 0 rings (SSSR count). The molecule has 1 unspecified atom stereocenters. The molecule has 5 nitrogen and oxygen atoms in total. The van der Waals surface area contributed by atoms with Crippen LogP contribution in [0.15, 0.2) is 0 Å². The molecule has 0 aromatic rings. The molecule has 1 amide bonds. The van der Waals surface area contributed by atoms with Crippen LogP contribution in [0.2, 0.25) is 0 Å². The Balaban J connectivity index is 4.12. The van der Waals surface area contributed by atoms with E-state index in [2.05, 4.69) is 5.32 Å². The largest absolute Gasteiger partial charge is 0.350 e. The fourth-order valence-electron chi connectivity index (χ4n) is 0.934. The number of rotatable bonds is 4. The highest BCUT2D eigenvalue weighted by Crippen LogP contribution is 2.01. The Hall–Kier alpha value is -0.620. The number of nitrogens with one attached hydrogen (secondary N) is 1. The van der Waals surface area contributed by atoms with Gasteiger partial charge in [0, 0.05) is 11.8 Å². The minimum atomic E-state index is -3.06.